The first-order valence-corrected chi connectivity index (χ1v) is 10.9. The molecule has 0 aliphatic carbocycles. The number of aryl methyl sites for hydroxylation is 1. The Morgan fingerprint density at radius 3 is 2.55 bits per heavy atom. The van der Waals surface area contributed by atoms with Crippen LogP contribution < -0.4 is 10.9 Å². The van der Waals surface area contributed by atoms with Crippen molar-refractivity contribution in [3.8, 4) is 5.75 Å². The van der Waals surface area contributed by atoms with E-state index in [2.05, 4.69) is 52.7 Å². The van der Waals surface area contributed by atoms with E-state index in [0.29, 0.717) is 6.04 Å². The fourth-order valence-electron chi connectivity index (χ4n) is 4.62. The van der Waals surface area contributed by atoms with Crippen LogP contribution in [0.5, 0.6) is 5.75 Å². The molecule has 158 valence electrons. The fraction of sp³-hybridized carbons (Fsp3) is 0.269. The molecular weight excluding hydrogens is 386 g/mol. The average Bonchev–Trinajstić information content (AvgIpc) is 2.78. The molecule has 31 heavy (non-hydrogen) atoms. The van der Waals surface area contributed by atoms with Gasteiger partial charge in [0.05, 0.1) is 5.52 Å². The Bertz CT molecular complexity index is 1300. The number of fused-ring (bicyclic) bond motifs is 2. The normalized spacial score (nSPS) is 15.5. The molecule has 2 heterocycles. The topological polar surface area (TPSA) is 57.5 Å². The maximum Gasteiger partial charge on any atom is 0.252 e. The number of pyridine rings is 1. The second-order valence-electron chi connectivity index (χ2n) is 8.53. The van der Waals surface area contributed by atoms with Gasteiger partial charge in [0.2, 0.25) is 0 Å². The van der Waals surface area contributed by atoms with E-state index in [9.17, 15) is 9.90 Å². The smallest absolute Gasteiger partial charge is 0.252 e. The van der Waals surface area contributed by atoms with E-state index in [1.54, 1.807) is 35.9 Å². The number of phenols is 1. The monoisotopic (exact) mass is 413 g/mol. The number of nitrogens with zero attached hydrogens (tertiary/aromatic N) is 2. The molecule has 2 N–H and O–H groups in total. The fourth-order valence-corrected chi connectivity index (χ4v) is 4.62. The van der Waals surface area contributed by atoms with Gasteiger partial charge in [-0.1, -0.05) is 36.4 Å². The predicted molar refractivity (Wildman–Crippen MR) is 127 cm³/mol. The summed E-state index contributed by atoms with van der Waals surface area (Å²) in [7, 11) is 1.76. The van der Waals surface area contributed by atoms with Crippen molar-refractivity contribution >= 4 is 27.4 Å². The summed E-state index contributed by atoms with van der Waals surface area (Å²) in [5, 5.41) is 17.0. The quantitative estimate of drug-likeness (QED) is 0.518. The van der Waals surface area contributed by atoms with Crippen LogP contribution in [0.3, 0.4) is 0 Å². The summed E-state index contributed by atoms with van der Waals surface area (Å²) in [5.74, 6) is 0.208. The van der Waals surface area contributed by atoms with E-state index < -0.39 is 0 Å². The van der Waals surface area contributed by atoms with Crippen LogP contribution >= 0.6 is 0 Å². The van der Waals surface area contributed by atoms with E-state index in [1.807, 2.05) is 0 Å². The Labute approximate surface area is 181 Å². The Hall–Kier alpha value is -3.31. The molecule has 0 radical (unpaired) electrons. The van der Waals surface area contributed by atoms with Gasteiger partial charge in [0, 0.05) is 49.9 Å². The van der Waals surface area contributed by atoms with Crippen LogP contribution in [0.2, 0.25) is 0 Å². The Morgan fingerprint density at radius 1 is 0.968 bits per heavy atom. The molecule has 5 heteroatoms. The zero-order chi connectivity index (χ0) is 21.4. The molecule has 1 fully saturated rings. The lowest BCUT2D eigenvalue weighted by Gasteiger charge is -2.33. The minimum Gasteiger partial charge on any atom is -0.508 e. The molecule has 0 unspecified atom stereocenters. The first-order chi connectivity index (χ1) is 15.1. The summed E-state index contributed by atoms with van der Waals surface area (Å²) < 4.78 is 1.62. The summed E-state index contributed by atoms with van der Waals surface area (Å²) in [6, 6.07) is 22.3. The predicted octanol–water partition coefficient (Wildman–Crippen LogP) is 4.47. The molecule has 0 amide bonds. The third kappa shape index (κ3) is 4.01. The Kier molecular flexibility index (Phi) is 5.12. The summed E-state index contributed by atoms with van der Waals surface area (Å²) in [4.78, 5) is 14.9. The molecule has 5 nitrogen and oxygen atoms in total. The van der Waals surface area contributed by atoms with Crippen molar-refractivity contribution in [3.05, 3.63) is 82.6 Å². The number of likely N-dealkylation sites (tertiary alicyclic amines) is 1. The number of phenolic OH excluding ortho intramolecular Hbond substituents is 1. The van der Waals surface area contributed by atoms with Crippen LogP contribution in [-0.4, -0.2) is 33.7 Å². The van der Waals surface area contributed by atoms with E-state index in [0.717, 1.165) is 49.1 Å². The number of nitrogens with one attached hydrogen (secondary N) is 1. The number of hydrogen-bond acceptors (Lipinski definition) is 4. The molecule has 1 aromatic heterocycles. The second kappa shape index (κ2) is 8.08. The molecule has 1 aliphatic heterocycles. The molecule has 3 aromatic carbocycles. The molecule has 1 saturated heterocycles. The molecule has 0 saturated carbocycles. The third-order valence-electron chi connectivity index (χ3n) is 6.40. The van der Waals surface area contributed by atoms with Crippen LogP contribution in [0, 0.1) is 0 Å². The third-order valence-corrected chi connectivity index (χ3v) is 6.40. The van der Waals surface area contributed by atoms with Gasteiger partial charge >= 0.3 is 0 Å². The second-order valence-corrected chi connectivity index (χ2v) is 8.53. The molecule has 0 atom stereocenters. The molecule has 0 spiro atoms. The lowest BCUT2D eigenvalue weighted by Crippen LogP contribution is -2.38. The van der Waals surface area contributed by atoms with E-state index in [1.165, 1.54) is 16.3 Å². The van der Waals surface area contributed by atoms with Gasteiger partial charge < -0.3 is 15.0 Å². The lowest BCUT2D eigenvalue weighted by atomic mass is 10.0. The first kappa shape index (κ1) is 19.6. The Balaban J connectivity index is 1.27. The lowest BCUT2D eigenvalue weighted by molar-refractivity contribution is 0.211. The summed E-state index contributed by atoms with van der Waals surface area (Å²) in [5.41, 5.74) is 2.93. The van der Waals surface area contributed by atoms with Gasteiger partial charge in [0.1, 0.15) is 5.75 Å². The highest BCUT2D eigenvalue weighted by molar-refractivity contribution is 5.92. The summed E-state index contributed by atoms with van der Waals surface area (Å²) in [6.45, 7) is 2.98. The van der Waals surface area contributed by atoms with Gasteiger partial charge in [0.25, 0.3) is 5.56 Å². The van der Waals surface area contributed by atoms with Gasteiger partial charge in [0.15, 0.2) is 0 Å². The van der Waals surface area contributed by atoms with E-state index in [-0.39, 0.29) is 11.3 Å². The molecule has 1 aliphatic rings. The van der Waals surface area contributed by atoms with Gasteiger partial charge in [-0.2, -0.15) is 0 Å². The van der Waals surface area contributed by atoms with Crippen LogP contribution in [-0.2, 0) is 13.6 Å². The maximum atomic E-state index is 12.4. The zero-order valence-electron chi connectivity index (χ0n) is 17.7. The standard InChI is InChI=1S/C26H27N3O2/c1-28-25-9-8-22(30)15-23(25)24(16-26(28)31)27-21-10-12-29(13-11-21)17-18-6-7-19-4-2-3-5-20(19)14-18/h2-9,14-16,21,27,30H,10-13,17H2,1H3. The average molecular weight is 414 g/mol. The number of piperidine rings is 1. The van der Waals surface area contributed by atoms with Crippen molar-refractivity contribution in [2.24, 2.45) is 7.05 Å². The van der Waals surface area contributed by atoms with Crippen molar-refractivity contribution in [3.63, 3.8) is 0 Å². The highest BCUT2D eigenvalue weighted by Gasteiger charge is 2.20. The van der Waals surface area contributed by atoms with Gasteiger partial charge in [-0.05, 0) is 53.4 Å². The number of benzene rings is 3. The first-order valence-electron chi connectivity index (χ1n) is 10.9. The highest BCUT2D eigenvalue weighted by Crippen LogP contribution is 2.27. The maximum absolute atomic E-state index is 12.4. The van der Waals surface area contributed by atoms with Crippen molar-refractivity contribution in [2.75, 3.05) is 18.4 Å². The Morgan fingerprint density at radius 2 is 1.74 bits per heavy atom. The number of rotatable bonds is 4. The highest BCUT2D eigenvalue weighted by atomic mass is 16.3. The number of aromatic nitrogens is 1. The largest absolute Gasteiger partial charge is 0.508 e. The SMILES string of the molecule is Cn1c(=O)cc(NC2CCN(Cc3ccc4ccccc4c3)CC2)c2cc(O)ccc21. The minimum atomic E-state index is -0.0468. The van der Waals surface area contributed by atoms with Crippen molar-refractivity contribution in [1.82, 2.24) is 9.47 Å². The minimum absolute atomic E-state index is 0.0468. The van der Waals surface area contributed by atoms with Crippen LogP contribution in [0.1, 0.15) is 18.4 Å². The summed E-state index contributed by atoms with van der Waals surface area (Å²) >= 11 is 0. The summed E-state index contributed by atoms with van der Waals surface area (Å²) in [6.07, 6.45) is 2.03. The number of hydrogen-bond donors (Lipinski definition) is 2. The van der Waals surface area contributed by atoms with Gasteiger partial charge in [-0.15, -0.1) is 0 Å². The van der Waals surface area contributed by atoms with Crippen LogP contribution in [0.4, 0.5) is 5.69 Å². The van der Waals surface area contributed by atoms with E-state index >= 15 is 0 Å². The van der Waals surface area contributed by atoms with Crippen LogP contribution in [0.25, 0.3) is 21.7 Å². The van der Waals surface area contributed by atoms with Crippen LogP contribution in [0.15, 0.2) is 71.5 Å². The van der Waals surface area contributed by atoms with Gasteiger partial charge in [-0.3, -0.25) is 9.69 Å². The molecule has 5 rings (SSSR count). The zero-order valence-corrected chi connectivity index (χ0v) is 17.7. The number of anilines is 1. The van der Waals surface area contributed by atoms with Crippen molar-refractivity contribution < 1.29 is 5.11 Å². The molecular formula is C26H27N3O2. The van der Waals surface area contributed by atoms with Gasteiger partial charge in [-0.25, -0.2) is 0 Å². The van der Waals surface area contributed by atoms with E-state index in [4.69, 9.17) is 0 Å². The molecule has 0 bridgehead atoms. The molecule has 4 aromatic rings. The van der Waals surface area contributed by atoms with Crippen molar-refractivity contribution in [1.29, 1.82) is 0 Å². The van der Waals surface area contributed by atoms with Crippen molar-refractivity contribution in [2.45, 2.75) is 25.4 Å². The number of aromatic hydroxyl groups is 1.